The highest BCUT2D eigenvalue weighted by atomic mass is 19.4. The van der Waals surface area contributed by atoms with E-state index in [1.807, 2.05) is 11.9 Å². The van der Waals surface area contributed by atoms with Gasteiger partial charge in [0.1, 0.15) is 6.54 Å². The zero-order chi connectivity index (χ0) is 28.8. The first-order valence-corrected chi connectivity index (χ1v) is 13.3. The van der Waals surface area contributed by atoms with Gasteiger partial charge >= 0.3 is 6.18 Å². The molecule has 0 aliphatic carbocycles. The van der Waals surface area contributed by atoms with E-state index in [1.165, 1.54) is 12.3 Å². The van der Waals surface area contributed by atoms with Crippen LogP contribution in [-0.2, 0) is 24.0 Å². The van der Waals surface area contributed by atoms with Crippen molar-refractivity contribution in [1.29, 1.82) is 0 Å². The molecule has 14 heteroatoms. The fraction of sp³-hybridized carbons (Fsp3) is 0.444. The summed E-state index contributed by atoms with van der Waals surface area (Å²) in [6, 6.07) is 7.66. The zero-order valence-corrected chi connectivity index (χ0v) is 22.6. The fourth-order valence-electron chi connectivity index (χ4n) is 4.68. The minimum Gasteiger partial charge on any atom is -0.378 e. The van der Waals surface area contributed by atoms with Crippen LogP contribution in [0.1, 0.15) is 16.8 Å². The third kappa shape index (κ3) is 7.71. The number of likely N-dealkylation sites (N-methyl/N-ethyl adjacent to an activating group) is 1. The van der Waals surface area contributed by atoms with Crippen LogP contribution >= 0.6 is 0 Å². The first-order chi connectivity index (χ1) is 19.7. The van der Waals surface area contributed by atoms with Crippen LogP contribution in [0.25, 0.3) is 0 Å². The van der Waals surface area contributed by atoms with Gasteiger partial charge in [0.25, 0.3) is 5.95 Å². The van der Waals surface area contributed by atoms with Gasteiger partial charge in [0.2, 0.25) is 0 Å². The first-order valence-electron chi connectivity index (χ1n) is 13.3. The summed E-state index contributed by atoms with van der Waals surface area (Å²) in [7, 11) is 2.01. The number of rotatable bonds is 8. The first kappa shape index (κ1) is 28.8. The number of aromatic nitrogens is 3. The molecule has 1 N–H and O–H groups in total. The maximum absolute atomic E-state index is 14.2. The van der Waals surface area contributed by atoms with Crippen molar-refractivity contribution in [2.45, 2.75) is 19.3 Å². The van der Waals surface area contributed by atoms with Crippen molar-refractivity contribution in [3.05, 3.63) is 65.4 Å². The number of hydrogen-bond acceptors (Lipinski definition) is 10. The number of nitrogens with zero attached hydrogens (tertiary/aromatic N) is 8. The lowest BCUT2D eigenvalue weighted by atomic mass is 10.0. The van der Waals surface area contributed by atoms with E-state index < -0.39 is 17.6 Å². The maximum atomic E-state index is 14.2. The summed E-state index contributed by atoms with van der Waals surface area (Å²) < 4.78 is 61.4. The van der Waals surface area contributed by atoms with Crippen molar-refractivity contribution >= 4 is 23.1 Å². The molecule has 2 aromatic heterocycles. The summed E-state index contributed by atoms with van der Waals surface area (Å²) >= 11 is 0. The van der Waals surface area contributed by atoms with Gasteiger partial charge in [0.05, 0.1) is 30.7 Å². The minimum atomic E-state index is -4.48. The summed E-state index contributed by atoms with van der Waals surface area (Å²) in [5.41, 5.74) is 0.992. The van der Waals surface area contributed by atoms with Gasteiger partial charge in [-0.25, -0.2) is 9.37 Å². The molecule has 3 aromatic rings. The lowest BCUT2D eigenvalue weighted by Crippen LogP contribution is -2.44. The number of benzene rings is 1. The van der Waals surface area contributed by atoms with Gasteiger partial charge in [-0.05, 0) is 36.9 Å². The number of azo groups is 1. The summed E-state index contributed by atoms with van der Waals surface area (Å²) in [4.78, 5) is 18.3. The number of hydrogen-bond donors (Lipinski definition) is 1. The van der Waals surface area contributed by atoms with Gasteiger partial charge in [-0.1, -0.05) is 6.07 Å². The Hall–Kier alpha value is -3.75. The Morgan fingerprint density at radius 2 is 1.73 bits per heavy atom. The van der Waals surface area contributed by atoms with Crippen LogP contribution in [0, 0.1) is 5.82 Å². The van der Waals surface area contributed by atoms with Crippen molar-refractivity contribution in [2.24, 2.45) is 10.2 Å². The number of piperazine rings is 1. The zero-order valence-electron chi connectivity index (χ0n) is 22.6. The summed E-state index contributed by atoms with van der Waals surface area (Å²) in [6.45, 7) is 5.42. The molecule has 1 aromatic carbocycles. The van der Waals surface area contributed by atoms with Gasteiger partial charge < -0.3 is 19.9 Å². The highest BCUT2D eigenvalue weighted by molar-refractivity contribution is 5.61. The molecule has 41 heavy (non-hydrogen) atoms. The Kier molecular flexibility index (Phi) is 9.00. The number of pyridine rings is 1. The van der Waals surface area contributed by atoms with Crippen LogP contribution in [0.3, 0.4) is 0 Å². The lowest BCUT2D eigenvalue weighted by Gasteiger charge is -2.33. The molecule has 2 saturated heterocycles. The molecule has 0 radical (unpaired) electrons. The van der Waals surface area contributed by atoms with E-state index in [-0.39, 0.29) is 30.4 Å². The summed E-state index contributed by atoms with van der Waals surface area (Å²) in [5, 5.41) is 11.1. The predicted octanol–water partition coefficient (Wildman–Crippen LogP) is 4.64. The molecule has 0 atom stereocenters. The van der Waals surface area contributed by atoms with Crippen LogP contribution in [0.2, 0.25) is 0 Å². The summed E-state index contributed by atoms with van der Waals surface area (Å²) in [6.07, 6.45) is -1.89. The highest BCUT2D eigenvalue weighted by Gasteiger charge is 2.34. The SMILES string of the molecule is CN1CCN(Cc2ccc(Nc3ccnc(CN=Nc4ncc(F)c(N5CCOCC5)n4)c3)cc2C(F)(F)F)CC1. The second-order valence-electron chi connectivity index (χ2n) is 9.95. The minimum absolute atomic E-state index is 0.0125. The Labute approximate surface area is 235 Å². The molecule has 2 fully saturated rings. The molecule has 2 aliphatic rings. The number of ether oxygens (including phenoxy) is 1. The molecular weight excluding hydrogens is 542 g/mol. The van der Waals surface area contributed by atoms with E-state index in [0.717, 1.165) is 38.4 Å². The largest absolute Gasteiger partial charge is 0.416 e. The van der Waals surface area contributed by atoms with Crippen molar-refractivity contribution < 1.29 is 22.3 Å². The topological polar surface area (TPSA) is 94.4 Å². The molecule has 0 unspecified atom stereocenters. The van der Waals surface area contributed by atoms with Gasteiger partial charge in [-0.2, -0.15) is 23.3 Å². The van der Waals surface area contributed by atoms with Crippen LogP contribution in [0.4, 0.5) is 40.7 Å². The van der Waals surface area contributed by atoms with E-state index in [2.05, 4.69) is 35.4 Å². The van der Waals surface area contributed by atoms with E-state index in [0.29, 0.717) is 43.4 Å². The average molecular weight is 574 g/mol. The number of morpholine rings is 1. The second-order valence-corrected chi connectivity index (χ2v) is 9.95. The predicted molar refractivity (Wildman–Crippen MR) is 145 cm³/mol. The molecule has 0 saturated carbocycles. The molecule has 0 amide bonds. The molecule has 0 bridgehead atoms. The monoisotopic (exact) mass is 573 g/mol. The van der Waals surface area contributed by atoms with Crippen molar-refractivity contribution in [3.63, 3.8) is 0 Å². The summed E-state index contributed by atoms with van der Waals surface area (Å²) in [5.74, 6) is -0.389. The van der Waals surface area contributed by atoms with E-state index in [9.17, 15) is 17.6 Å². The van der Waals surface area contributed by atoms with Crippen molar-refractivity contribution in [1.82, 2.24) is 24.8 Å². The molecule has 5 rings (SSSR count). The quantitative estimate of drug-likeness (QED) is 0.308. The maximum Gasteiger partial charge on any atom is 0.416 e. The van der Waals surface area contributed by atoms with Crippen LogP contribution in [0.15, 0.2) is 53.0 Å². The second kappa shape index (κ2) is 12.8. The third-order valence-corrected chi connectivity index (χ3v) is 6.93. The van der Waals surface area contributed by atoms with E-state index >= 15 is 0 Å². The fourth-order valence-corrected chi connectivity index (χ4v) is 4.68. The van der Waals surface area contributed by atoms with E-state index in [4.69, 9.17) is 4.74 Å². The number of nitrogens with one attached hydrogen (secondary N) is 1. The molecular formula is C27H31F4N9O. The third-order valence-electron chi connectivity index (χ3n) is 6.93. The standard InChI is InChI=1S/C27H31F4N9O/c1-38-6-8-39(9-7-38)18-19-2-3-20(15-23(19)27(29,30)31)35-21-4-5-32-22(14-21)16-34-37-26-33-17-24(28)25(36-26)40-10-12-41-13-11-40/h2-5,14-15,17H,6-13,16,18H2,1H3,(H,32,35). The molecule has 2 aliphatic heterocycles. The molecule has 0 spiro atoms. The lowest BCUT2D eigenvalue weighted by molar-refractivity contribution is -0.138. The number of halogens is 4. The molecule has 10 nitrogen and oxygen atoms in total. The highest BCUT2D eigenvalue weighted by Crippen LogP contribution is 2.35. The Bertz CT molecular complexity index is 1360. The van der Waals surface area contributed by atoms with Crippen LogP contribution in [-0.4, -0.2) is 84.3 Å². The van der Waals surface area contributed by atoms with Crippen molar-refractivity contribution in [2.75, 3.05) is 69.7 Å². The Balaban J connectivity index is 1.24. The van der Waals surface area contributed by atoms with Crippen LogP contribution < -0.4 is 10.2 Å². The van der Waals surface area contributed by atoms with Gasteiger partial charge in [-0.3, -0.25) is 9.88 Å². The van der Waals surface area contributed by atoms with Crippen LogP contribution in [0.5, 0.6) is 0 Å². The number of alkyl halides is 3. The number of anilines is 3. The van der Waals surface area contributed by atoms with Crippen molar-refractivity contribution in [3.8, 4) is 0 Å². The Morgan fingerprint density at radius 3 is 2.49 bits per heavy atom. The van der Waals surface area contributed by atoms with Gasteiger partial charge in [-0.15, -0.1) is 5.11 Å². The van der Waals surface area contributed by atoms with Gasteiger partial charge in [0.15, 0.2) is 11.6 Å². The normalized spacial score (nSPS) is 17.3. The average Bonchev–Trinajstić information content (AvgIpc) is 2.96. The smallest absolute Gasteiger partial charge is 0.378 e. The molecule has 4 heterocycles. The molecule has 218 valence electrons. The Morgan fingerprint density at radius 1 is 0.976 bits per heavy atom. The van der Waals surface area contributed by atoms with E-state index in [1.54, 1.807) is 23.1 Å². The van der Waals surface area contributed by atoms with Gasteiger partial charge in [0, 0.05) is 63.4 Å².